The normalized spacial score (nSPS) is 14.4. The molecule has 258 valence electrons. The van der Waals surface area contributed by atoms with E-state index in [1.165, 1.54) is 23.0 Å². The first-order valence-electron chi connectivity index (χ1n) is 15.8. The molecule has 0 amide bonds. The van der Waals surface area contributed by atoms with Gasteiger partial charge in [-0.3, -0.25) is 9.36 Å². The molecule has 0 spiro atoms. The molecule has 10 nitrogen and oxygen atoms in total. The molecular formula is C37H33Cl2N3O7S. The van der Waals surface area contributed by atoms with Crippen molar-refractivity contribution in [3.8, 4) is 11.5 Å². The van der Waals surface area contributed by atoms with Gasteiger partial charge in [0.1, 0.15) is 0 Å². The summed E-state index contributed by atoms with van der Waals surface area (Å²) >= 11 is 13.9. The average Bonchev–Trinajstić information content (AvgIpc) is 3.60. The van der Waals surface area contributed by atoms with E-state index in [0.717, 1.165) is 22.0 Å². The Morgan fingerprint density at radius 3 is 2.54 bits per heavy atom. The van der Waals surface area contributed by atoms with Crippen LogP contribution in [0.4, 0.5) is 0 Å². The largest absolute Gasteiger partial charge is 0.490 e. The molecule has 0 saturated heterocycles. The fourth-order valence-corrected chi connectivity index (χ4v) is 7.39. The van der Waals surface area contributed by atoms with E-state index in [9.17, 15) is 14.4 Å². The molecule has 1 aliphatic heterocycles. The van der Waals surface area contributed by atoms with Crippen molar-refractivity contribution < 1.29 is 28.5 Å². The number of thiazole rings is 1. The Hall–Kier alpha value is -4.84. The molecule has 13 heteroatoms. The van der Waals surface area contributed by atoms with Crippen LogP contribution in [0.1, 0.15) is 43.5 Å². The van der Waals surface area contributed by atoms with E-state index in [0.29, 0.717) is 55.3 Å². The van der Waals surface area contributed by atoms with Crippen molar-refractivity contribution in [2.24, 2.45) is 4.99 Å². The molecule has 0 bridgehead atoms. The summed E-state index contributed by atoms with van der Waals surface area (Å²) in [6.45, 7) is 5.88. The zero-order chi connectivity index (χ0) is 35.5. The lowest BCUT2D eigenvalue weighted by atomic mass is 9.95. The maximum atomic E-state index is 14.4. The van der Waals surface area contributed by atoms with E-state index in [1.807, 2.05) is 49.5 Å². The highest BCUT2D eigenvalue weighted by molar-refractivity contribution is 7.07. The first-order valence-corrected chi connectivity index (χ1v) is 17.4. The van der Waals surface area contributed by atoms with Gasteiger partial charge in [0, 0.05) is 39.3 Å². The van der Waals surface area contributed by atoms with E-state index in [1.54, 1.807) is 44.2 Å². The Morgan fingerprint density at radius 2 is 1.80 bits per heavy atom. The summed E-state index contributed by atoms with van der Waals surface area (Å²) in [4.78, 5) is 44.8. The summed E-state index contributed by atoms with van der Waals surface area (Å²) in [6.07, 6.45) is 3.84. The zero-order valence-electron chi connectivity index (χ0n) is 27.7. The van der Waals surface area contributed by atoms with E-state index in [-0.39, 0.29) is 24.3 Å². The number of nitrogens with zero attached hydrogens (tertiary/aromatic N) is 3. The van der Waals surface area contributed by atoms with Crippen LogP contribution in [0.5, 0.6) is 11.5 Å². The fraction of sp³-hybridized carbons (Fsp3) is 0.243. The zero-order valence-corrected chi connectivity index (χ0v) is 30.0. The highest BCUT2D eigenvalue weighted by atomic mass is 35.5. The number of hydrogen-bond acceptors (Lipinski definition) is 9. The molecule has 3 heterocycles. The number of fused-ring (bicyclic) bond motifs is 2. The predicted molar refractivity (Wildman–Crippen MR) is 193 cm³/mol. The van der Waals surface area contributed by atoms with E-state index in [4.69, 9.17) is 47.1 Å². The van der Waals surface area contributed by atoms with Gasteiger partial charge in [-0.1, -0.05) is 64.9 Å². The van der Waals surface area contributed by atoms with Gasteiger partial charge in [0.25, 0.3) is 5.56 Å². The molecule has 0 N–H and O–H groups in total. The maximum Gasteiger partial charge on any atom is 0.343 e. The summed E-state index contributed by atoms with van der Waals surface area (Å²) in [6, 6.07) is 17.5. The van der Waals surface area contributed by atoms with Gasteiger partial charge in [-0.25, -0.2) is 14.6 Å². The second-order valence-corrected chi connectivity index (χ2v) is 13.1. The lowest BCUT2D eigenvalue weighted by Gasteiger charge is -2.25. The molecule has 1 atom stereocenters. The van der Waals surface area contributed by atoms with Crippen LogP contribution in [0.15, 0.2) is 87.9 Å². The summed E-state index contributed by atoms with van der Waals surface area (Å²) < 4.78 is 25.7. The number of hydrogen-bond donors (Lipinski definition) is 0. The Labute approximate surface area is 301 Å². The summed E-state index contributed by atoms with van der Waals surface area (Å²) in [5, 5.41) is 2.07. The highest BCUT2D eigenvalue weighted by Gasteiger charge is 2.34. The molecule has 0 saturated carbocycles. The number of benzene rings is 3. The minimum Gasteiger partial charge on any atom is -0.490 e. The van der Waals surface area contributed by atoms with Crippen LogP contribution in [0.25, 0.3) is 17.0 Å². The lowest BCUT2D eigenvalue weighted by molar-refractivity contribution is -0.143. The van der Waals surface area contributed by atoms with Gasteiger partial charge >= 0.3 is 11.9 Å². The number of para-hydroxylation sites is 1. The van der Waals surface area contributed by atoms with Gasteiger partial charge in [0.2, 0.25) is 0 Å². The van der Waals surface area contributed by atoms with Crippen LogP contribution in [0.3, 0.4) is 0 Å². The van der Waals surface area contributed by atoms with E-state index in [2.05, 4.69) is 4.57 Å². The quantitative estimate of drug-likeness (QED) is 0.152. The van der Waals surface area contributed by atoms with Crippen molar-refractivity contribution in [2.45, 2.75) is 33.4 Å². The molecule has 1 aliphatic rings. The summed E-state index contributed by atoms with van der Waals surface area (Å²) in [5.41, 5.74) is 3.61. The third kappa shape index (κ3) is 6.94. The van der Waals surface area contributed by atoms with Crippen molar-refractivity contribution in [1.29, 1.82) is 0 Å². The Kier molecular flexibility index (Phi) is 10.5. The first kappa shape index (κ1) is 35.0. The third-order valence-corrected chi connectivity index (χ3v) is 9.71. The number of allylic oxidation sites excluding steroid dienone is 1. The third-order valence-electron chi connectivity index (χ3n) is 8.14. The number of methoxy groups -OCH3 is 1. The van der Waals surface area contributed by atoms with Gasteiger partial charge in [0.05, 0.1) is 42.2 Å². The Balaban J connectivity index is 1.49. The van der Waals surface area contributed by atoms with Crippen molar-refractivity contribution in [3.05, 3.63) is 125 Å². The molecular weight excluding hydrogens is 701 g/mol. The molecule has 6 rings (SSSR count). The summed E-state index contributed by atoms with van der Waals surface area (Å²) in [5.74, 6) is -0.491. The minimum atomic E-state index is -0.880. The van der Waals surface area contributed by atoms with Crippen LogP contribution in [-0.2, 0) is 25.6 Å². The van der Waals surface area contributed by atoms with Crippen LogP contribution in [-0.4, -0.2) is 48.0 Å². The van der Waals surface area contributed by atoms with Crippen LogP contribution in [0, 0.1) is 0 Å². The van der Waals surface area contributed by atoms with Crippen LogP contribution in [0.2, 0.25) is 10.0 Å². The van der Waals surface area contributed by atoms with Gasteiger partial charge in [-0.05, 0) is 68.3 Å². The molecule has 2 aromatic heterocycles. The Bertz CT molecular complexity index is 2340. The fourth-order valence-electron chi connectivity index (χ4n) is 5.88. The van der Waals surface area contributed by atoms with Crippen molar-refractivity contribution in [3.63, 3.8) is 0 Å². The molecule has 0 aliphatic carbocycles. The highest BCUT2D eigenvalue weighted by Crippen LogP contribution is 2.36. The van der Waals surface area contributed by atoms with Gasteiger partial charge in [-0.2, -0.15) is 0 Å². The van der Waals surface area contributed by atoms with Crippen molar-refractivity contribution >= 4 is 63.5 Å². The number of carbonyl (C=O) groups excluding carboxylic acids is 2. The number of carbonyl (C=O) groups is 2. The Morgan fingerprint density at radius 1 is 1.00 bits per heavy atom. The van der Waals surface area contributed by atoms with Gasteiger partial charge in [0.15, 0.2) is 22.9 Å². The molecule has 0 fully saturated rings. The smallest absolute Gasteiger partial charge is 0.343 e. The number of rotatable bonds is 11. The van der Waals surface area contributed by atoms with Crippen molar-refractivity contribution in [2.75, 3.05) is 26.9 Å². The monoisotopic (exact) mass is 733 g/mol. The van der Waals surface area contributed by atoms with Crippen LogP contribution < -0.4 is 24.4 Å². The molecule has 0 unspecified atom stereocenters. The second-order valence-electron chi connectivity index (χ2n) is 11.3. The van der Waals surface area contributed by atoms with Crippen molar-refractivity contribution in [1.82, 2.24) is 9.13 Å². The molecule has 50 heavy (non-hydrogen) atoms. The standard InChI is InChI=1S/C37H33Cl2N3O7S/c1-5-47-30-15-22(12-14-29(30)49-20-32(43)46-4)34-33(36(45)48-6-2)21(3)40-37-42(34)35(44)31(50-37)16-24-19-41(28-10-8-7-9-26(24)28)18-23-11-13-25(38)17-27(23)39/h7-17,19,34H,5-6,18,20H2,1-4H3/b31-16+/t34-/m0/s1. The van der Waals surface area contributed by atoms with Gasteiger partial charge in [-0.15, -0.1) is 0 Å². The molecule has 5 aromatic rings. The maximum absolute atomic E-state index is 14.4. The van der Waals surface area contributed by atoms with Crippen LogP contribution >= 0.6 is 34.5 Å². The SMILES string of the molecule is CCOC(=O)C1=C(C)N=c2s/c(=C/c3cn(Cc4ccc(Cl)cc4Cl)c4ccccc34)c(=O)n2[C@H]1c1ccc(OCC(=O)OC)c(OCC)c1. The second kappa shape index (κ2) is 15.0. The summed E-state index contributed by atoms with van der Waals surface area (Å²) in [7, 11) is 1.27. The molecule has 0 radical (unpaired) electrons. The number of halogens is 2. The first-order chi connectivity index (χ1) is 24.1. The topological polar surface area (TPSA) is 110 Å². The predicted octanol–water partition coefficient (Wildman–Crippen LogP) is 6.06. The van der Waals surface area contributed by atoms with Gasteiger partial charge < -0.3 is 23.5 Å². The lowest BCUT2D eigenvalue weighted by Crippen LogP contribution is -2.40. The number of ether oxygens (including phenoxy) is 4. The number of esters is 2. The minimum absolute atomic E-state index is 0.141. The number of aromatic nitrogens is 2. The average molecular weight is 735 g/mol. The van der Waals surface area contributed by atoms with E-state index < -0.39 is 18.0 Å². The van der Waals surface area contributed by atoms with E-state index >= 15 is 0 Å². The molecule has 3 aromatic carbocycles.